The van der Waals surface area contributed by atoms with E-state index in [2.05, 4.69) is 182 Å². The van der Waals surface area contributed by atoms with Gasteiger partial charge in [0, 0.05) is 22.3 Å². The molecule has 52 heavy (non-hydrogen) atoms. The lowest BCUT2D eigenvalue weighted by Gasteiger charge is -2.18. The molecule has 2 aromatic heterocycles. The second-order valence-corrected chi connectivity index (χ2v) is 13.3. The fraction of sp³-hybridized carbons (Fsp3) is 0. The van der Waals surface area contributed by atoms with Gasteiger partial charge in [-0.05, 0) is 96.7 Å². The largest absolute Gasteiger partial charge is 0.248 e. The minimum atomic E-state index is 0.927. The van der Waals surface area contributed by atoms with E-state index < -0.39 is 0 Å². The van der Waals surface area contributed by atoms with Gasteiger partial charge in [-0.2, -0.15) is 0 Å². The average molecular weight is 661 g/mol. The molecule has 0 fully saturated rings. The Morgan fingerprint density at radius 2 is 0.769 bits per heavy atom. The number of rotatable bonds is 5. The van der Waals surface area contributed by atoms with Crippen molar-refractivity contribution in [1.82, 2.24) is 9.97 Å². The monoisotopic (exact) mass is 660 g/mol. The van der Waals surface area contributed by atoms with E-state index in [4.69, 9.17) is 9.97 Å². The standard InChI is InChI=1S/C50H32N2/c1-3-15-34(16-4-1)46-24-12-26-48(51-46)37-31-43-40(45(32-37)49-27-13-25-47(52-49)35-17-5-2-6-18-35)28-29-42-44(43)30-36-19-8-10-22-39(36)50(42)41-23-11-20-33-14-7-9-21-38(33)41/h1-32H. The van der Waals surface area contributed by atoms with Crippen LogP contribution < -0.4 is 0 Å². The van der Waals surface area contributed by atoms with Gasteiger partial charge in [-0.3, -0.25) is 0 Å². The van der Waals surface area contributed by atoms with E-state index in [1.54, 1.807) is 0 Å². The van der Waals surface area contributed by atoms with Crippen LogP contribution >= 0.6 is 0 Å². The molecule has 0 atom stereocenters. The molecule has 0 aliphatic rings. The smallest absolute Gasteiger partial charge is 0.0715 e. The van der Waals surface area contributed by atoms with Crippen molar-refractivity contribution in [1.29, 1.82) is 0 Å². The summed E-state index contributed by atoms with van der Waals surface area (Å²) in [4.78, 5) is 10.5. The molecule has 0 aliphatic heterocycles. The highest BCUT2D eigenvalue weighted by atomic mass is 14.7. The molecule has 10 aromatic rings. The number of aromatic nitrogens is 2. The molecular weight excluding hydrogens is 629 g/mol. The molecule has 10 rings (SSSR count). The van der Waals surface area contributed by atoms with Crippen molar-refractivity contribution in [3.8, 4) is 56.2 Å². The van der Waals surface area contributed by atoms with Crippen LogP contribution in [0.4, 0.5) is 0 Å². The van der Waals surface area contributed by atoms with Crippen LogP contribution in [0.15, 0.2) is 194 Å². The fourth-order valence-electron chi connectivity index (χ4n) is 7.79. The number of nitrogens with zero attached hydrogens (tertiary/aromatic N) is 2. The summed E-state index contributed by atoms with van der Waals surface area (Å²) in [6, 6.07) is 69.2. The van der Waals surface area contributed by atoms with E-state index in [0.29, 0.717) is 0 Å². The van der Waals surface area contributed by atoms with Crippen LogP contribution in [0.1, 0.15) is 0 Å². The number of pyridine rings is 2. The van der Waals surface area contributed by atoms with E-state index in [0.717, 1.165) is 50.4 Å². The molecule has 0 saturated carbocycles. The SMILES string of the molecule is c1ccc(-c2cccc(-c3cc(-c4cccc(-c5ccccc5)n4)c4ccc5c(-c6cccc7ccccc67)c6ccccc6cc5c4c3)n2)cc1. The molecule has 0 amide bonds. The van der Waals surface area contributed by atoms with Crippen molar-refractivity contribution in [2.75, 3.05) is 0 Å². The summed E-state index contributed by atoms with van der Waals surface area (Å²) < 4.78 is 0. The van der Waals surface area contributed by atoms with Gasteiger partial charge in [0.2, 0.25) is 0 Å². The maximum atomic E-state index is 5.27. The first-order valence-corrected chi connectivity index (χ1v) is 17.7. The molecule has 8 aromatic carbocycles. The Kier molecular flexibility index (Phi) is 7.18. The summed E-state index contributed by atoms with van der Waals surface area (Å²) in [5.74, 6) is 0. The van der Waals surface area contributed by atoms with Gasteiger partial charge in [-0.25, -0.2) is 9.97 Å². The number of fused-ring (bicyclic) bond motifs is 5. The molecule has 0 radical (unpaired) electrons. The van der Waals surface area contributed by atoms with Crippen LogP contribution in [0.2, 0.25) is 0 Å². The Balaban J connectivity index is 1.30. The Labute approximate surface area is 302 Å². The fourth-order valence-corrected chi connectivity index (χ4v) is 7.79. The zero-order valence-corrected chi connectivity index (χ0v) is 28.4. The molecule has 0 bridgehead atoms. The van der Waals surface area contributed by atoms with Crippen molar-refractivity contribution < 1.29 is 0 Å². The maximum Gasteiger partial charge on any atom is 0.0715 e. The van der Waals surface area contributed by atoms with E-state index in [1.807, 2.05) is 12.1 Å². The van der Waals surface area contributed by atoms with Crippen LogP contribution in [-0.2, 0) is 0 Å². The molecule has 0 spiro atoms. The first-order valence-electron chi connectivity index (χ1n) is 17.7. The second-order valence-electron chi connectivity index (χ2n) is 13.3. The summed E-state index contributed by atoms with van der Waals surface area (Å²) in [6.07, 6.45) is 0. The van der Waals surface area contributed by atoms with Crippen molar-refractivity contribution in [3.05, 3.63) is 194 Å². The van der Waals surface area contributed by atoms with Crippen molar-refractivity contribution in [3.63, 3.8) is 0 Å². The van der Waals surface area contributed by atoms with Gasteiger partial charge < -0.3 is 0 Å². The number of hydrogen-bond acceptors (Lipinski definition) is 2. The topological polar surface area (TPSA) is 25.8 Å². The Morgan fingerprint density at radius 1 is 0.250 bits per heavy atom. The Morgan fingerprint density at radius 3 is 1.50 bits per heavy atom. The van der Waals surface area contributed by atoms with Crippen molar-refractivity contribution in [2.45, 2.75) is 0 Å². The summed E-state index contributed by atoms with van der Waals surface area (Å²) in [5, 5.41) is 9.72. The molecule has 0 aliphatic carbocycles. The molecule has 0 unspecified atom stereocenters. The minimum Gasteiger partial charge on any atom is -0.248 e. The summed E-state index contributed by atoms with van der Waals surface area (Å²) in [5.41, 5.74) is 10.6. The molecule has 242 valence electrons. The van der Waals surface area contributed by atoms with E-state index in [9.17, 15) is 0 Å². The molecule has 0 saturated heterocycles. The average Bonchev–Trinajstić information content (AvgIpc) is 3.23. The third-order valence-corrected chi connectivity index (χ3v) is 10.2. The zero-order chi connectivity index (χ0) is 34.4. The second kappa shape index (κ2) is 12.5. The van der Waals surface area contributed by atoms with Crippen LogP contribution in [0.5, 0.6) is 0 Å². The van der Waals surface area contributed by atoms with Crippen LogP contribution in [0, 0.1) is 0 Å². The molecule has 0 N–H and O–H groups in total. The third-order valence-electron chi connectivity index (χ3n) is 10.2. The van der Waals surface area contributed by atoms with Gasteiger partial charge >= 0.3 is 0 Å². The van der Waals surface area contributed by atoms with E-state index >= 15 is 0 Å². The Bertz CT molecular complexity index is 2940. The van der Waals surface area contributed by atoms with E-state index in [-0.39, 0.29) is 0 Å². The summed E-state index contributed by atoms with van der Waals surface area (Å²) in [6.45, 7) is 0. The first-order chi connectivity index (χ1) is 25.8. The number of benzene rings is 8. The highest BCUT2D eigenvalue weighted by Gasteiger charge is 2.18. The van der Waals surface area contributed by atoms with Gasteiger partial charge in [-0.15, -0.1) is 0 Å². The van der Waals surface area contributed by atoms with Gasteiger partial charge in [0.15, 0.2) is 0 Å². The van der Waals surface area contributed by atoms with Gasteiger partial charge in [-0.1, -0.05) is 152 Å². The quantitative estimate of drug-likeness (QED) is 0.136. The Hall–Kier alpha value is -6.90. The lowest BCUT2D eigenvalue weighted by atomic mass is 9.86. The minimum absolute atomic E-state index is 0.927. The predicted molar refractivity (Wildman–Crippen MR) is 219 cm³/mol. The van der Waals surface area contributed by atoms with Crippen LogP contribution in [0.25, 0.3) is 99.2 Å². The zero-order valence-electron chi connectivity index (χ0n) is 28.4. The highest BCUT2D eigenvalue weighted by molar-refractivity contribution is 6.24. The van der Waals surface area contributed by atoms with E-state index in [1.165, 1.54) is 48.8 Å². The normalized spacial score (nSPS) is 11.5. The molecule has 2 heterocycles. The van der Waals surface area contributed by atoms with Crippen molar-refractivity contribution in [2.24, 2.45) is 0 Å². The highest BCUT2D eigenvalue weighted by Crippen LogP contribution is 2.44. The first kappa shape index (κ1) is 30.0. The number of hydrogen-bond donors (Lipinski definition) is 0. The predicted octanol–water partition coefficient (Wildman–Crippen LogP) is 13.4. The third kappa shape index (κ3) is 5.12. The van der Waals surface area contributed by atoms with Gasteiger partial charge in [0.25, 0.3) is 0 Å². The summed E-state index contributed by atoms with van der Waals surface area (Å²) >= 11 is 0. The molecule has 2 nitrogen and oxygen atoms in total. The van der Waals surface area contributed by atoms with Gasteiger partial charge in [0.1, 0.15) is 0 Å². The van der Waals surface area contributed by atoms with Gasteiger partial charge in [0.05, 0.1) is 22.8 Å². The van der Waals surface area contributed by atoms with Crippen LogP contribution in [0.3, 0.4) is 0 Å². The summed E-state index contributed by atoms with van der Waals surface area (Å²) in [7, 11) is 0. The van der Waals surface area contributed by atoms with Crippen LogP contribution in [-0.4, -0.2) is 9.97 Å². The molecular formula is C50H32N2. The maximum absolute atomic E-state index is 5.27. The van der Waals surface area contributed by atoms with Crippen molar-refractivity contribution >= 4 is 43.1 Å². The molecule has 2 heteroatoms. The lowest BCUT2D eigenvalue weighted by Crippen LogP contribution is -1.94. The lowest BCUT2D eigenvalue weighted by molar-refractivity contribution is 1.31.